The molecule has 0 aliphatic rings. The third-order valence-electron chi connectivity index (χ3n) is 2.76. The second-order valence-corrected chi connectivity index (χ2v) is 5.02. The van der Waals surface area contributed by atoms with Gasteiger partial charge in [0.25, 0.3) is 0 Å². The fourth-order valence-electron chi connectivity index (χ4n) is 1.33. The summed E-state index contributed by atoms with van der Waals surface area (Å²) >= 11 is 3.38. The highest BCUT2D eigenvalue weighted by atomic mass is 79.9. The molecule has 14 heavy (non-hydrogen) atoms. The average molecular weight is 257 g/mol. The Labute approximate surface area is 94.3 Å². The lowest BCUT2D eigenvalue weighted by atomic mass is 9.88. The Hall–Kier alpha value is -0.340. The molecule has 2 unspecified atom stereocenters. The van der Waals surface area contributed by atoms with Crippen LogP contribution in [0.25, 0.3) is 0 Å². The molecular formula is C12H17BrO. The summed E-state index contributed by atoms with van der Waals surface area (Å²) < 4.78 is 1.05. The van der Waals surface area contributed by atoms with Crippen LogP contribution >= 0.6 is 15.9 Å². The van der Waals surface area contributed by atoms with Gasteiger partial charge in [0, 0.05) is 4.47 Å². The van der Waals surface area contributed by atoms with Crippen molar-refractivity contribution in [1.82, 2.24) is 0 Å². The monoisotopic (exact) mass is 256 g/mol. The van der Waals surface area contributed by atoms with Crippen molar-refractivity contribution in [1.29, 1.82) is 0 Å². The lowest BCUT2D eigenvalue weighted by Crippen LogP contribution is -2.14. The van der Waals surface area contributed by atoms with Gasteiger partial charge in [0.05, 0.1) is 6.10 Å². The van der Waals surface area contributed by atoms with E-state index in [0.29, 0.717) is 5.92 Å². The topological polar surface area (TPSA) is 20.2 Å². The van der Waals surface area contributed by atoms with Crippen LogP contribution in [0, 0.1) is 11.8 Å². The molecule has 0 saturated carbocycles. The lowest BCUT2D eigenvalue weighted by Gasteiger charge is -2.22. The Kier molecular flexibility index (Phi) is 4.14. The predicted molar refractivity (Wildman–Crippen MR) is 63.1 cm³/mol. The molecule has 1 N–H and O–H groups in total. The van der Waals surface area contributed by atoms with E-state index in [2.05, 4.69) is 36.7 Å². The summed E-state index contributed by atoms with van der Waals surface area (Å²) in [6, 6.07) is 7.86. The zero-order chi connectivity index (χ0) is 10.7. The van der Waals surface area contributed by atoms with Gasteiger partial charge in [-0.3, -0.25) is 0 Å². The molecule has 0 bridgehead atoms. The highest BCUT2D eigenvalue weighted by Crippen LogP contribution is 2.28. The van der Waals surface area contributed by atoms with E-state index in [1.165, 1.54) is 0 Å². The van der Waals surface area contributed by atoms with Crippen molar-refractivity contribution in [3.63, 3.8) is 0 Å². The third-order valence-corrected chi connectivity index (χ3v) is 3.29. The van der Waals surface area contributed by atoms with Gasteiger partial charge in [-0.05, 0) is 29.5 Å². The normalized spacial score (nSPS) is 15.6. The largest absolute Gasteiger partial charge is 0.388 e. The van der Waals surface area contributed by atoms with Crippen LogP contribution in [0.2, 0.25) is 0 Å². The van der Waals surface area contributed by atoms with Gasteiger partial charge in [0.2, 0.25) is 0 Å². The van der Waals surface area contributed by atoms with E-state index >= 15 is 0 Å². The second kappa shape index (κ2) is 4.94. The molecule has 0 aliphatic heterocycles. The smallest absolute Gasteiger partial charge is 0.0818 e. The molecule has 0 aliphatic carbocycles. The van der Waals surface area contributed by atoms with Gasteiger partial charge in [-0.2, -0.15) is 0 Å². The van der Waals surface area contributed by atoms with E-state index in [1.807, 2.05) is 24.3 Å². The van der Waals surface area contributed by atoms with E-state index in [4.69, 9.17) is 0 Å². The van der Waals surface area contributed by atoms with Gasteiger partial charge in [0.1, 0.15) is 0 Å². The number of hydrogen-bond acceptors (Lipinski definition) is 1. The van der Waals surface area contributed by atoms with E-state index in [1.54, 1.807) is 0 Å². The number of halogens is 1. The molecule has 0 heterocycles. The number of rotatable bonds is 3. The average Bonchev–Trinajstić information content (AvgIpc) is 2.16. The first-order chi connectivity index (χ1) is 6.52. The van der Waals surface area contributed by atoms with Crippen molar-refractivity contribution < 1.29 is 5.11 Å². The molecule has 0 fully saturated rings. The highest BCUT2D eigenvalue weighted by molar-refractivity contribution is 9.10. The van der Waals surface area contributed by atoms with E-state index in [-0.39, 0.29) is 12.0 Å². The summed E-state index contributed by atoms with van der Waals surface area (Å²) in [7, 11) is 0. The maximum absolute atomic E-state index is 10.0. The molecule has 2 atom stereocenters. The Morgan fingerprint density at radius 3 is 2.00 bits per heavy atom. The summed E-state index contributed by atoms with van der Waals surface area (Å²) in [4.78, 5) is 0. The highest BCUT2D eigenvalue weighted by Gasteiger charge is 2.18. The van der Waals surface area contributed by atoms with Crippen LogP contribution in [0.15, 0.2) is 28.7 Å². The van der Waals surface area contributed by atoms with Gasteiger partial charge in [0.15, 0.2) is 0 Å². The summed E-state index contributed by atoms with van der Waals surface area (Å²) in [5, 5.41) is 10.0. The minimum Gasteiger partial charge on any atom is -0.388 e. The van der Waals surface area contributed by atoms with E-state index in [0.717, 1.165) is 10.0 Å². The van der Waals surface area contributed by atoms with Gasteiger partial charge in [-0.25, -0.2) is 0 Å². The molecule has 2 heteroatoms. The molecule has 0 aromatic heterocycles. The van der Waals surface area contributed by atoms with Crippen molar-refractivity contribution in [3.8, 4) is 0 Å². The van der Waals surface area contributed by atoms with Crippen LogP contribution in [0.4, 0.5) is 0 Å². The Morgan fingerprint density at radius 2 is 1.57 bits per heavy atom. The van der Waals surface area contributed by atoms with Crippen molar-refractivity contribution >= 4 is 15.9 Å². The van der Waals surface area contributed by atoms with Crippen molar-refractivity contribution in [2.45, 2.75) is 26.9 Å². The van der Waals surface area contributed by atoms with Gasteiger partial charge < -0.3 is 5.11 Å². The number of aliphatic hydroxyl groups excluding tert-OH is 1. The molecule has 1 rings (SSSR count). The van der Waals surface area contributed by atoms with Gasteiger partial charge in [-0.1, -0.05) is 48.8 Å². The van der Waals surface area contributed by atoms with Crippen LogP contribution in [-0.2, 0) is 0 Å². The second-order valence-electron chi connectivity index (χ2n) is 4.10. The summed E-state index contributed by atoms with van der Waals surface area (Å²) in [6.45, 7) is 6.34. The molecule has 1 aromatic carbocycles. The lowest BCUT2D eigenvalue weighted by molar-refractivity contribution is 0.0921. The van der Waals surface area contributed by atoms with Crippen molar-refractivity contribution in [2.75, 3.05) is 0 Å². The fourth-order valence-corrected chi connectivity index (χ4v) is 1.59. The molecule has 78 valence electrons. The number of hydrogen-bond donors (Lipinski definition) is 1. The SMILES string of the molecule is CC(C)C(C)C(O)c1ccc(Br)cc1. The minimum absolute atomic E-state index is 0.288. The predicted octanol–water partition coefficient (Wildman–Crippen LogP) is 3.77. The summed E-state index contributed by atoms with van der Waals surface area (Å²) in [5.41, 5.74) is 0.995. The van der Waals surface area contributed by atoms with Crippen LogP contribution < -0.4 is 0 Å². The van der Waals surface area contributed by atoms with Gasteiger partial charge in [-0.15, -0.1) is 0 Å². The van der Waals surface area contributed by atoms with Crippen LogP contribution in [0.1, 0.15) is 32.4 Å². The zero-order valence-electron chi connectivity index (χ0n) is 8.87. The Morgan fingerprint density at radius 1 is 1.07 bits per heavy atom. The molecule has 0 amide bonds. The van der Waals surface area contributed by atoms with Crippen molar-refractivity contribution in [3.05, 3.63) is 34.3 Å². The molecular weight excluding hydrogens is 240 g/mol. The zero-order valence-corrected chi connectivity index (χ0v) is 10.5. The molecule has 0 saturated heterocycles. The maximum Gasteiger partial charge on any atom is 0.0818 e. The number of benzene rings is 1. The molecule has 1 aromatic rings. The summed E-state index contributed by atoms with van der Waals surface area (Å²) in [5.74, 6) is 0.782. The van der Waals surface area contributed by atoms with Crippen LogP contribution in [0.3, 0.4) is 0 Å². The first-order valence-corrected chi connectivity index (χ1v) is 5.75. The fraction of sp³-hybridized carbons (Fsp3) is 0.500. The Balaban J connectivity index is 2.78. The molecule has 1 nitrogen and oxygen atoms in total. The quantitative estimate of drug-likeness (QED) is 0.873. The third kappa shape index (κ3) is 2.82. The van der Waals surface area contributed by atoms with Crippen LogP contribution in [-0.4, -0.2) is 5.11 Å². The van der Waals surface area contributed by atoms with E-state index < -0.39 is 0 Å². The number of aliphatic hydroxyl groups is 1. The molecule has 0 spiro atoms. The Bertz CT molecular complexity index is 279. The summed E-state index contributed by atoms with van der Waals surface area (Å²) in [6.07, 6.45) is -0.358. The maximum atomic E-state index is 10.0. The molecule has 0 radical (unpaired) electrons. The van der Waals surface area contributed by atoms with Gasteiger partial charge >= 0.3 is 0 Å². The van der Waals surface area contributed by atoms with Crippen LogP contribution in [0.5, 0.6) is 0 Å². The minimum atomic E-state index is -0.358. The standard InChI is InChI=1S/C12H17BrO/c1-8(2)9(3)12(14)10-4-6-11(13)7-5-10/h4-9,12,14H,1-3H3. The first kappa shape index (κ1) is 11.7. The first-order valence-electron chi connectivity index (χ1n) is 4.96. The van der Waals surface area contributed by atoms with Crippen molar-refractivity contribution in [2.24, 2.45) is 11.8 Å². The van der Waals surface area contributed by atoms with E-state index in [9.17, 15) is 5.11 Å².